The molecule has 0 aliphatic rings. The molecule has 0 heterocycles. The topological polar surface area (TPSA) is 21.3 Å². The van der Waals surface area contributed by atoms with Crippen molar-refractivity contribution in [2.75, 3.05) is 19.0 Å². The predicted octanol–water partition coefficient (Wildman–Crippen LogP) is 2.27. The van der Waals surface area contributed by atoms with E-state index in [-0.39, 0.29) is 5.82 Å². The van der Waals surface area contributed by atoms with Crippen molar-refractivity contribution in [1.82, 2.24) is 0 Å². The monoisotopic (exact) mass is 169 g/mol. The van der Waals surface area contributed by atoms with Crippen LogP contribution in [0.25, 0.3) is 0 Å². The molecule has 0 aromatic heterocycles. The lowest BCUT2D eigenvalue weighted by molar-refractivity contribution is 0.340. The fraction of sp³-hybridized carbons (Fsp3) is 0.333. The van der Waals surface area contributed by atoms with Gasteiger partial charge in [-0.3, -0.25) is 0 Å². The van der Waals surface area contributed by atoms with Crippen molar-refractivity contribution in [3.63, 3.8) is 0 Å². The van der Waals surface area contributed by atoms with Gasteiger partial charge in [-0.2, -0.15) is 0 Å². The van der Waals surface area contributed by atoms with Crippen molar-refractivity contribution in [3.8, 4) is 5.75 Å². The third-order valence-corrected chi connectivity index (χ3v) is 1.52. The van der Waals surface area contributed by atoms with E-state index in [0.717, 1.165) is 0 Å². The molecular formula is C9H12FNO. The summed E-state index contributed by atoms with van der Waals surface area (Å²) in [5.41, 5.74) is 0.459. The molecule has 1 aromatic rings. The highest BCUT2D eigenvalue weighted by molar-refractivity contribution is 5.48. The second kappa shape index (κ2) is 3.95. The molecule has 0 radical (unpaired) electrons. The Morgan fingerprint density at radius 2 is 2.25 bits per heavy atom. The largest absolute Gasteiger partial charge is 0.494 e. The van der Waals surface area contributed by atoms with E-state index < -0.39 is 0 Å². The Bertz CT molecular complexity index is 263. The number of hydrogen-bond acceptors (Lipinski definition) is 2. The summed E-state index contributed by atoms with van der Waals surface area (Å²) in [6, 6.07) is 4.63. The molecule has 1 rings (SSSR count). The van der Waals surface area contributed by atoms with Crippen LogP contribution in [0.1, 0.15) is 6.92 Å². The van der Waals surface area contributed by atoms with Crippen molar-refractivity contribution < 1.29 is 9.13 Å². The summed E-state index contributed by atoms with van der Waals surface area (Å²) >= 11 is 0. The lowest BCUT2D eigenvalue weighted by atomic mass is 10.3. The van der Waals surface area contributed by atoms with Crippen LogP contribution in [0.4, 0.5) is 10.1 Å². The molecule has 12 heavy (non-hydrogen) atoms. The minimum atomic E-state index is -0.263. The smallest absolute Gasteiger partial charge is 0.146 e. The third kappa shape index (κ3) is 1.87. The summed E-state index contributed by atoms with van der Waals surface area (Å²) in [4.78, 5) is 0. The molecule has 0 aliphatic carbocycles. The van der Waals surface area contributed by atoms with Gasteiger partial charge in [0.1, 0.15) is 11.6 Å². The molecule has 66 valence electrons. The summed E-state index contributed by atoms with van der Waals surface area (Å²) in [6.07, 6.45) is 0. The first kappa shape index (κ1) is 8.84. The van der Waals surface area contributed by atoms with Crippen LogP contribution in [0.5, 0.6) is 5.75 Å². The Labute approximate surface area is 71.4 Å². The molecule has 0 atom stereocenters. The maximum Gasteiger partial charge on any atom is 0.146 e. The van der Waals surface area contributed by atoms with E-state index in [1.165, 1.54) is 6.07 Å². The lowest BCUT2D eigenvalue weighted by Gasteiger charge is -2.06. The zero-order valence-electron chi connectivity index (χ0n) is 7.23. The first-order chi connectivity index (χ1) is 5.77. The van der Waals surface area contributed by atoms with Gasteiger partial charge in [0.05, 0.1) is 12.3 Å². The Morgan fingerprint density at radius 3 is 2.83 bits per heavy atom. The van der Waals surface area contributed by atoms with Crippen molar-refractivity contribution in [1.29, 1.82) is 0 Å². The van der Waals surface area contributed by atoms with Crippen LogP contribution >= 0.6 is 0 Å². The normalized spacial score (nSPS) is 9.58. The van der Waals surface area contributed by atoms with E-state index in [1.807, 2.05) is 6.92 Å². The second-order valence-corrected chi connectivity index (χ2v) is 2.32. The van der Waals surface area contributed by atoms with Crippen molar-refractivity contribution >= 4 is 5.69 Å². The molecule has 0 saturated carbocycles. The van der Waals surface area contributed by atoms with E-state index in [2.05, 4.69) is 5.32 Å². The van der Waals surface area contributed by atoms with Gasteiger partial charge in [-0.1, -0.05) is 0 Å². The molecule has 0 aliphatic heterocycles. The molecule has 0 fully saturated rings. The van der Waals surface area contributed by atoms with Gasteiger partial charge in [-0.25, -0.2) is 4.39 Å². The first-order valence-corrected chi connectivity index (χ1v) is 3.88. The molecule has 0 bridgehead atoms. The number of benzene rings is 1. The van der Waals surface area contributed by atoms with Crippen molar-refractivity contribution in [3.05, 3.63) is 24.0 Å². The van der Waals surface area contributed by atoms with Gasteiger partial charge in [0, 0.05) is 13.1 Å². The van der Waals surface area contributed by atoms with Crippen molar-refractivity contribution in [2.45, 2.75) is 6.92 Å². The van der Waals surface area contributed by atoms with Gasteiger partial charge >= 0.3 is 0 Å². The molecule has 1 aromatic carbocycles. The fourth-order valence-corrected chi connectivity index (χ4v) is 0.952. The van der Waals surface area contributed by atoms with E-state index in [1.54, 1.807) is 19.2 Å². The standard InChI is InChI=1S/C9H12FNO/c1-3-12-7-4-5-8(10)9(6-7)11-2/h4-6,11H,3H2,1-2H3. The van der Waals surface area contributed by atoms with E-state index >= 15 is 0 Å². The van der Waals surface area contributed by atoms with E-state index in [9.17, 15) is 4.39 Å². The highest BCUT2D eigenvalue weighted by Gasteiger charge is 2.00. The van der Waals surface area contributed by atoms with Crippen molar-refractivity contribution in [2.24, 2.45) is 0 Å². The summed E-state index contributed by atoms with van der Waals surface area (Å²) in [5.74, 6) is 0.421. The highest BCUT2D eigenvalue weighted by atomic mass is 19.1. The fourth-order valence-electron chi connectivity index (χ4n) is 0.952. The number of ether oxygens (including phenoxy) is 1. The minimum Gasteiger partial charge on any atom is -0.494 e. The summed E-state index contributed by atoms with van der Waals surface area (Å²) < 4.78 is 18.1. The molecule has 0 spiro atoms. The summed E-state index contributed by atoms with van der Waals surface area (Å²) in [5, 5.41) is 2.74. The lowest BCUT2D eigenvalue weighted by Crippen LogP contribution is -1.95. The Hall–Kier alpha value is -1.25. The van der Waals surface area contributed by atoms with Crippen LogP contribution in [0, 0.1) is 5.82 Å². The number of anilines is 1. The van der Waals surface area contributed by atoms with Crippen LogP contribution < -0.4 is 10.1 Å². The van der Waals surface area contributed by atoms with E-state index in [4.69, 9.17) is 4.74 Å². The average molecular weight is 169 g/mol. The molecule has 1 N–H and O–H groups in total. The molecule has 0 saturated heterocycles. The molecule has 3 heteroatoms. The van der Waals surface area contributed by atoms with Crippen LogP contribution in [0.2, 0.25) is 0 Å². The number of rotatable bonds is 3. The van der Waals surface area contributed by atoms with Gasteiger partial charge in [0.15, 0.2) is 0 Å². The number of nitrogens with one attached hydrogen (secondary N) is 1. The summed E-state index contributed by atoms with van der Waals surface area (Å²) in [6.45, 7) is 2.48. The second-order valence-electron chi connectivity index (χ2n) is 2.32. The van der Waals surface area contributed by atoms with Gasteiger partial charge in [-0.05, 0) is 19.1 Å². The zero-order valence-corrected chi connectivity index (χ0v) is 7.23. The molecule has 0 amide bonds. The predicted molar refractivity (Wildman–Crippen MR) is 47.1 cm³/mol. The zero-order chi connectivity index (χ0) is 8.97. The Kier molecular flexibility index (Phi) is 2.91. The SMILES string of the molecule is CCOc1ccc(F)c(NC)c1. The van der Waals surface area contributed by atoms with Gasteiger partial charge in [0.25, 0.3) is 0 Å². The number of hydrogen-bond donors (Lipinski definition) is 1. The van der Waals surface area contributed by atoms with Gasteiger partial charge < -0.3 is 10.1 Å². The van der Waals surface area contributed by atoms with E-state index in [0.29, 0.717) is 18.0 Å². The Morgan fingerprint density at radius 1 is 1.50 bits per heavy atom. The van der Waals surface area contributed by atoms with Crippen LogP contribution in [-0.4, -0.2) is 13.7 Å². The first-order valence-electron chi connectivity index (χ1n) is 3.88. The maximum atomic E-state index is 12.9. The minimum absolute atomic E-state index is 0.263. The average Bonchev–Trinajstić information content (AvgIpc) is 2.09. The quantitative estimate of drug-likeness (QED) is 0.749. The molecule has 2 nitrogen and oxygen atoms in total. The van der Waals surface area contributed by atoms with Crippen LogP contribution in [0.3, 0.4) is 0 Å². The molecular weight excluding hydrogens is 157 g/mol. The van der Waals surface area contributed by atoms with Gasteiger partial charge in [-0.15, -0.1) is 0 Å². The Balaban J connectivity index is 2.89. The van der Waals surface area contributed by atoms with Crippen LogP contribution in [0.15, 0.2) is 18.2 Å². The number of halogens is 1. The van der Waals surface area contributed by atoms with Gasteiger partial charge in [0.2, 0.25) is 0 Å². The van der Waals surface area contributed by atoms with Crippen LogP contribution in [-0.2, 0) is 0 Å². The summed E-state index contributed by atoms with van der Waals surface area (Å²) in [7, 11) is 1.67. The maximum absolute atomic E-state index is 12.9. The third-order valence-electron chi connectivity index (χ3n) is 1.52. The molecule has 0 unspecified atom stereocenters. The highest BCUT2D eigenvalue weighted by Crippen LogP contribution is 2.20.